The summed E-state index contributed by atoms with van der Waals surface area (Å²) >= 11 is 5.10. The van der Waals surface area contributed by atoms with Crippen LogP contribution in [0.5, 0.6) is 0 Å². The van der Waals surface area contributed by atoms with E-state index in [1.807, 2.05) is 12.1 Å². The summed E-state index contributed by atoms with van der Waals surface area (Å²) in [5.74, 6) is 0.894. The molecule has 1 aromatic heterocycles. The van der Waals surface area contributed by atoms with Crippen molar-refractivity contribution in [1.29, 1.82) is 0 Å². The zero-order chi connectivity index (χ0) is 11.7. The first-order valence-corrected chi connectivity index (χ1v) is 5.53. The molecule has 0 saturated carbocycles. The second-order valence-corrected chi connectivity index (χ2v) is 4.36. The molecule has 0 fully saturated rings. The van der Waals surface area contributed by atoms with Crippen LogP contribution in [0.1, 0.15) is 25.3 Å². The molecule has 0 aliphatic carbocycles. The summed E-state index contributed by atoms with van der Waals surface area (Å²) in [5.41, 5.74) is 7.95. The van der Waals surface area contributed by atoms with Gasteiger partial charge in [0, 0.05) is 0 Å². The van der Waals surface area contributed by atoms with Crippen LogP contribution in [0.2, 0.25) is 0 Å². The molecule has 0 spiro atoms. The first-order chi connectivity index (χ1) is 7.59. The average Bonchev–Trinajstić information content (AvgIpc) is 2.59. The van der Waals surface area contributed by atoms with Gasteiger partial charge in [-0.25, -0.2) is 5.10 Å². The van der Waals surface area contributed by atoms with E-state index in [0.717, 1.165) is 5.69 Å². The highest BCUT2D eigenvalue weighted by molar-refractivity contribution is 7.71. The highest BCUT2D eigenvalue weighted by atomic mass is 32.1. The molecule has 84 valence electrons. The molecule has 16 heavy (non-hydrogen) atoms. The van der Waals surface area contributed by atoms with Crippen LogP contribution in [0.15, 0.2) is 24.3 Å². The Balaban J connectivity index is 2.46. The Morgan fingerprint density at radius 2 is 1.94 bits per heavy atom. The van der Waals surface area contributed by atoms with E-state index in [1.165, 1.54) is 5.56 Å². The van der Waals surface area contributed by atoms with Gasteiger partial charge < -0.3 is 5.73 Å². The van der Waals surface area contributed by atoms with Crippen LogP contribution in [-0.2, 0) is 0 Å². The summed E-state index contributed by atoms with van der Waals surface area (Å²) in [6, 6.07) is 8.15. The fourth-order valence-electron chi connectivity index (χ4n) is 1.57. The topological polar surface area (TPSA) is 59.6 Å². The molecule has 0 atom stereocenters. The summed E-state index contributed by atoms with van der Waals surface area (Å²) in [6.45, 7) is 4.32. The molecule has 2 aromatic rings. The molecule has 2 rings (SSSR count). The molecule has 5 heteroatoms. The molecular weight excluding hydrogens is 220 g/mol. The maximum atomic E-state index is 5.73. The third kappa shape index (κ3) is 1.86. The number of nitrogens with zero attached hydrogens (tertiary/aromatic N) is 2. The smallest absolute Gasteiger partial charge is 0.225 e. The minimum atomic E-state index is 0.377. The Morgan fingerprint density at radius 3 is 2.38 bits per heavy atom. The normalized spacial score (nSPS) is 10.9. The van der Waals surface area contributed by atoms with Gasteiger partial charge >= 0.3 is 0 Å². The Hall–Kier alpha value is -1.62. The molecule has 0 saturated heterocycles. The summed E-state index contributed by atoms with van der Waals surface area (Å²) in [5, 5.41) is 6.54. The van der Waals surface area contributed by atoms with Crippen LogP contribution in [0.4, 0.5) is 5.95 Å². The number of anilines is 1. The standard InChI is InChI=1S/C11H14N4S/c1-7(2)8-3-5-9(6-4-8)15-10(12)13-14-11(15)16/h3-7H,1-2H3,(H2,12,13)(H,14,16). The van der Waals surface area contributed by atoms with Crippen LogP contribution in [-0.4, -0.2) is 14.8 Å². The lowest BCUT2D eigenvalue weighted by molar-refractivity contribution is 0.865. The quantitative estimate of drug-likeness (QED) is 0.785. The Labute approximate surface area is 99.1 Å². The molecule has 3 N–H and O–H groups in total. The van der Waals surface area contributed by atoms with E-state index in [-0.39, 0.29) is 0 Å². The van der Waals surface area contributed by atoms with Crippen LogP contribution in [0.25, 0.3) is 5.69 Å². The van der Waals surface area contributed by atoms with Crippen LogP contribution in [0, 0.1) is 4.77 Å². The van der Waals surface area contributed by atoms with Crippen LogP contribution in [0.3, 0.4) is 0 Å². The van der Waals surface area contributed by atoms with E-state index in [1.54, 1.807) is 4.57 Å². The van der Waals surface area contributed by atoms with E-state index in [0.29, 0.717) is 16.6 Å². The van der Waals surface area contributed by atoms with Crippen LogP contribution >= 0.6 is 12.2 Å². The van der Waals surface area contributed by atoms with Crippen molar-refractivity contribution in [2.45, 2.75) is 19.8 Å². The number of nitrogen functional groups attached to an aromatic ring is 1. The third-order valence-corrected chi connectivity index (χ3v) is 2.79. The number of hydrogen-bond donors (Lipinski definition) is 2. The second-order valence-electron chi connectivity index (χ2n) is 3.97. The molecular formula is C11H14N4S. The lowest BCUT2D eigenvalue weighted by Crippen LogP contribution is -2.01. The number of nitrogens with one attached hydrogen (secondary N) is 1. The van der Waals surface area contributed by atoms with Gasteiger partial charge in [0.1, 0.15) is 0 Å². The van der Waals surface area contributed by atoms with E-state index in [9.17, 15) is 0 Å². The predicted octanol–water partition coefficient (Wildman–Crippen LogP) is 2.64. The number of nitrogens with two attached hydrogens (primary N) is 1. The molecule has 1 heterocycles. The van der Waals surface area contributed by atoms with Crippen molar-refractivity contribution < 1.29 is 0 Å². The maximum Gasteiger partial charge on any atom is 0.225 e. The maximum absolute atomic E-state index is 5.73. The van der Waals surface area contributed by atoms with Gasteiger partial charge in [-0.3, -0.25) is 4.57 Å². The van der Waals surface area contributed by atoms with Crippen molar-refractivity contribution in [2.24, 2.45) is 0 Å². The van der Waals surface area contributed by atoms with Gasteiger partial charge in [-0.1, -0.05) is 26.0 Å². The molecule has 4 nitrogen and oxygen atoms in total. The molecule has 0 aliphatic rings. The number of rotatable bonds is 2. The molecule has 0 radical (unpaired) electrons. The summed E-state index contributed by atoms with van der Waals surface area (Å²) in [7, 11) is 0. The molecule has 0 amide bonds. The van der Waals surface area contributed by atoms with Crippen molar-refractivity contribution in [2.75, 3.05) is 5.73 Å². The minimum absolute atomic E-state index is 0.377. The Bertz CT molecular complexity index is 536. The molecule has 0 bridgehead atoms. The van der Waals surface area contributed by atoms with Gasteiger partial charge in [0.05, 0.1) is 5.69 Å². The van der Waals surface area contributed by atoms with Gasteiger partial charge in [-0.2, -0.15) is 0 Å². The fourth-order valence-corrected chi connectivity index (χ4v) is 1.81. The summed E-state index contributed by atoms with van der Waals surface area (Å²) < 4.78 is 2.22. The van der Waals surface area contributed by atoms with Crippen molar-refractivity contribution in [3.63, 3.8) is 0 Å². The highest BCUT2D eigenvalue weighted by Gasteiger charge is 2.05. The lowest BCUT2D eigenvalue weighted by Gasteiger charge is -2.07. The predicted molar refractivity (Wildman–Crippen MR) is 67.3 cm³/mol. The van der Waals surface area contributed by atoms with Crippen molar-refractivity contribution in [3.05, 3.63) is 34.6 Å². The fraction of sp³-hybridized carbons (Fsp3) is 0.273. The zero-order valence-electron chi connectivity index (χ0n) is 9.27. The average molecular weight is 234 g/mol. The van der Waals surface area contributed by atoms with Crippen molar-refractivity contribution >= 4 is 18.2 Å². The van der Waals surface area contributed by atoms with Gasteiger partial charge in [0.25, 0.3) is 0 Å². The van der Waals surface area contributed by atoms with Crippen molar-refractivity contribution in [3.8, 4) is 5.69 Å². The number of benzene rings is 1. The van der Waals surface area contributed by atoms with Crippen molar-refractivity contribution in [1.82, 2.24) is 14.8 Å². The van der Waals surface area contributed by atoms with Gasteiger partial charge in [-0.15, -0.1) is 5.10 Å². The number of hydrogen-bond acceptors (Lipinski definition) is 3. The van der Waals surface area contributed by atoms with Crippen LogP contribution < -0.4 is 5.73 Å². The van der Waals surface area contributed by atoms with Gasteiger partial charge in [0.2, 0.25) is 10.7 Å². The first-order valence-electron chi connectivity index (χ1n) is 5.13. The van der Waals surface area contributed by atoms with Gasteiger partial charge in [-0.05, 0) is 35.8 Å². The SMILES string of the molecule is CC(C)c1ccc(-n2c(N)n[nH]c2=S)cc1. The highest BCUT2D eigenvalue weighted by Crippen LogP contribution is 2.18. The largest absolute Gasteiger partial charge is 0.368 e. The summed E-state index contributed by atoms with van der Waals surface area (Å²) in [4.78, 5) is 0. The Kier molecular flexibility index (Phi) is 2.78. The monoisotopic (exact) mass is 234 g/mol. The Morgan fingerprint density at radius 1 is 1.31 bits per heavy atom. The molecule has 0 aliphatic heterocycles. The van der Waals surface area contributed by atoms with E-state index < -0.39 is 0 Å². The molecule has 0 unspecified atom stereocenters. The summed E-state index contributed by atoms with van der Waals surface area (Å²) in [6.07, 6.45) is 0. The molecule has 1 aromatic carbocycles. The lowest BCUT2D eigenvalue weighted by atomic mass is 10.0. The van der Waals surface area contributed by atoms with E-state index in [2.05, 4.69) is 36.2 Å². The van der Waals surface area contributed by atoms with E-state index >= 15 is 0 Å². The third-order valence-electron chi connectivity index (χ3n) is 2.52. The van der Waals surface area contributed by atoms with Gasteiger partial charge in [0.15, 0.2) is 0 Å². The second kappa shape index (κ2) is 4.09. The zero-order valence-corrected chi connectivity index (χ0v) is 10.1. The number of aromatic nitrogens is 3. The number of aromatic amines is 1. The first kappa shape index (κ1) is 10.9. The number of H-pyrrole nitrogens is 1. The van der Waals surface area contributed by atoms with E-state index in [4.69, 9.17) is 18.0 Å². The minimum Gasteiger partial charge on any atom is -0.368 e.